The SMILES string of the molecule is C.C.C.C.CCCSCC.CCCSCc1ccc(Br)cc1Br.CCCSCc1ccccc1.CCCSc1ccc(-c2ccccc2)cc1.Cc1cc2ccccc2cc1C. The molecule has 0 spiro atoms. The van der Waals surface area contributed by atoms with Gasteiger partial charge in [-0.05, 0) is 137 Å². The monoisotopic (exact) mass is 1040 g/mol. The summed E-state index contributed by atoms with van der Waals surface area (Å²) in [7, 11) is 0. The lowest BCUT2D eigenvalue weighted by molar-refractivity contribution is 1.10. The van der Waals surface area contributed by atoms with Gasteiger partial charge in [0.15, 0.2) is 0 Å². The smallest absolute Gasteiger partial charge is 0.0226 e. The molecule has 0 radical (unpaired) electrons. The molecular weight excluding hydrogens is 961 g/mol. The molecule has 0 saturated heterocycles. The number of halogens is 2. The second kappa shape index (κ2) is 41.6. The molecule has 0 heterocycles. The summed E-state index contributed by atoms with van der Waals surface area (Å²) in [4.78, 5) is 1.36. The van der Waals surface area contributed by atoms with Gasteiger partial charge in [0.1, 0.15) is 0 Å². The van der Waals surface area contributed by atoms with E-state index in [9.17, 15) is 0 Å². The van der Waals surface area contributed by atoms with Crippen LogP contribution in [0.25, 0.3) is 21.9 Å². The second-order valence-electron chi connectivity index (χ2n) is 13.5. The van der Waals surface area contributed by atoms with E-state index in [4.69, 9.17) is 0 Å². The molecule has 0 fully saturated rings. The molecule has 0 aromatic heterocycles. The highest BCUT2D eigenvalue weighted by atomic mass is 79.9. The van der Waals surface area contributed by atoms with Gasteiger partial charge >= 0.3 is 0 Å². The Kier molecular flexibility index (Phi) is 43.1. The molecule has 6 aromatic rings. The normalized spacial score (nSPS) is 9.50. The van der Waals surface area contributed by atoms with Gasteiger partial charge in [0.2, 0.25) is 0 Å². The zero-order chi connectivity index (χ0) is 42.2. The van der Waals surface area contributed by atoms with Crippen molar-refractivity contribution in [1.29, 1.82) is 0 Å². The van der Waals surface area contributed by atoms with Gasteiger partial charge in [-0.15, -0.1) is 11.8 Å². The molecule has 6 rings (SSSR count). The summed E-state index contributed by atoms with van der Waals surface area (Å²) in [5, 5.41) is 2.67. The molecule has 62 heavy (non-hydrogen) atoms. The van der Waals surface area contributed by atoms with Gasteiger partial charge in [0.25, 0.3) is 0 Å². The summed E-state index contributed by atoms with van der Waals surface area (Å²) < 4.78 is 2.33. The van der Waals surface area contributed by atoms with Crippen LogP contribution in [0.2, 0.25) is 0 Å². The van der Waals surface area contributed by atoms with Crippen LogP contribution in [0.15, 0.2) is 153 Å². The minimum absolute atomic E-state index is 0. The van der Waals surface area contributed by atoms with Crippen molar-refractivity contribution in [2.45, 2.75) is 120 Å². The van der Waals surface area contributed by atoms with E-state index in [1.807, 2.05) is 47.0 Å². The first-order chi connectivity index (χ1) is 28.3. The summed E-state index contributed by atoms with van der Waals surface area (Å²) in [6.45, 7) is 15.4. The molecule has 0 amide bonds. The summed E-state index contributed by atoms with van der Waals surface area (Å²) >= 11 is 14.9. The maximum absolute atomic E-state index is 3.56. The number of thioether (sulfide) groups is 4. The summed E-state index contributed by atoms with van der Waals surface area (Å²) in [5.74, 6) is 8.57. The highest BCUT2D eigenvalue weighted by Gasteiger charge is 2.00. The number of rotatable bonds is 15. The third kappa shape index (κ3) is 28.7. The van der Waals surface area contributed by atoms with Gasteiger partial charge in [-0.25, -0.2) is 0 Å². The van der Waals surface area contributed by atoms with E-state index in [-0.39, 0.29) is 29.7 Å². The quantitative estimate of drug-likeness (QED) is 0.0742. The Bertz CT molecular complexity index is 1850. The average Bonchev–Trinajstić information content (AvgIpc) is 3.25. The zero-order valence-corrected chi connectivity index (χ0v) is 42.4. The van der Waals surface area contributed by atoms with E-state index in [2.05, 4.69) is 220 Å². The maximum atomic E-state index is 3.56. The lowest BCUT2D eigenvalue weighted by atomic mass is 10.0. The molecule has 344 valence electrons. The van der Waals surface area contributed by atoms with Crippen LogP contribution in [-0.2, 0) is 11.5 Å². The molecule has 0 unspecified atom stereocenters. The molecule has 0 bridgehead atoms. The Morgan fingerprint density at radius 3 is 1.35 bits per heavy atom. The van der Waals surface area contributed by atoms with Gasteiger partial charge in [-0.3, -0.25) is 0 Å². The van der Waals surface area contributed by atoms with Crippen molar-refractivity contribution >= 4 is 89.7 Å². The van der Waals surface area contributed by atoms with Crippen LogP contribution < -0.4 is 0 Å². The second-order valence-corrected chi connectivity index (χ2v) is 20.1. The third-order valence-corrected chi connectivity index (χ3v) is 14.4. The fourth-order valence-corrected chi connectivity index (χ4v) is 9.71. The first kappa shape index (κ1) is 64.2. The summed E-state index contributed by atoms with van der Waals surface area (Å²) in [5.41, 5.74) is 8.13. The van der Waals surface area contributed by atoms with Gasteiger partial charge in [0, 0.05) is 25.3 Å². The van der Waals surface area contributed by atoms with Crippen LogP contribution in [-0.4, -0.2) is 28.8 Å². The molecule has 0 aliphatic heterocycles. The largest absolute Gasteiger partial charge is 0.162 e. The molecular formula is C56H82Br2S4. The Hall–Kier alpha value is -2.06. The third-order valence-electron chi connectivity index (χ3n) is 8.43. The molecule has 6 heteroatoms. The van der Waals surface area contributed by atoms with Crippen molar-refractivity contribution < 1.29 is 0 Å². The molecule has 0 aliphatic carbocycles. The topological polar surface area (TPSA) is 0 Å². The van der Waals surface area contributed by atoms with E-state index in [1.165, 1.54) is 108 Å². The van der Waals surface area contributed by atoms with Crippen LogP contribution >= 0.6 is 78.9 Å². The Morgan fingerprint density at radius 2 is 0.887 bits per heavy atom. The van der Waals surface area contributed by atoms with Crippen molar-refractivity contribution in [3.63, 3.8) is 0 Å². The predicted molar refractivity (Wildman–Crippen MR) is 308 cm³/mol. The molecule has 0 N–H and O–H groups in total. The van der Waals surface area contributed by atoms with Crippen LogP contribution in [0.5, 0.6) is 0 Å². The van der Waals surface area contributed by atoms with Gasteiger partial charge < -0.3 is 0 Å². The van der Waals surface area contributed by atoms with Crippen LogP contribution in [0.3, 0.4) is 0 Å². The first-order valence-electron chi connectivity index (χ1n) is 20.7. The molecule has 0 atom stereocenters. The fourth-order valence-electron chi connectivity index (χ4n) is 5.22. The standard InChI is InChI=1S/C15H16S.C12H12.C10H12Br2S.C10H14S.C5H12S.4CH4/c1-2-12-16-15-10-8-14(9-11-15)13-6-4-3-5-7-13;1-9-7-11-5-3-4-6-12(11)8-10(9)2;1-2-5-13-7-8-3-4-9(11)6-10(8)12;1-2-8-11-9-10-6-4-3-5-7-10;1-3-5-6-4-2;;;;/h3-11H,2,12H2,1H3;3-8H,1-2H3;3-4,6H,2,5,7H2,1H3;3-7H,2,8-9H2,1H3;3-5H2,1-2H3;4*1H4. The molecule has 6 aromatic carbocycles. The average molecular weight is 1040 g/mol. The van der Waals surface area contributed by atoms with E-state index < -0.39 is 0 Å². The zero-order valence-electron chi connectivity index (χ0n) is 35.9. The first-order valence-corrected chi connectivity index (χ1v) is 26.7. The predicted octanol–water partition coefficient (Wildman–Crippen LogP) is 21.2. The summed E-state index contributed by atoms with van der Waals surface area (Å²) in [6, 6.07) is 49.3. The Morgan fingerprint density at radius 1 is 0.435 bits per heavy atom. The lowest BCUT2D eigenvalue weighted by Crippen LogP contribution is -1.84. The molecule has 0 nitrogen and oxygen atoms in total. The molecule has 0 saturated carbocycles. The van der Waals surface area contributed by atoms with Crippen LogP contribution in [0.4, 0.5) is 0 Å². The lowest BCUT2D eigenvalue weighted by Gasteiger charge is -2.03. The van der Waals surface area contributed by atoms with Crippen molar-refractivity contribution in [2.75, 3.05) is 28.8 Å². The van der Waals surface area contributed by atoms with Gasteiger partial charge in [0.05, 0.1) is 0 Å². The molecule has 0 aliphatic rings. The van der Waals surface area contributed by atoms with E-state index in [0.717, 1.165) is 16.0 Å². The van der Waals surface area contributed by atoms with Crippen LogP contribution in [0.1, 0.15) is 112 Å². The van der Waals surface area contributed by atoms with E-state index in [1.54, 1.807) is 0 Å². The number of benzene rings is 6. The van der Waals surface area contributed by atoms with E-state index in [0.29, 0.717) is 0 Å². The number of fused-ring (bicyclic) bond motifs is 1. The fraction of sp³-hybridized carbons (Fsp3) is 0.393. The number of hydrogen-bond donors (Lipinski definition) is 0. The minimum Gasteiger partial charge on any atom is -0.162 e. The van der Waals surface area contributed by atoms with Gasteiger partial charge in [-0.2, -0.15) is 35.3 Å². The van der Waals surface area contributed by atoms with Gasteiger partial charge in [-0.1, -0.05) is 211 Å². The van der Waals surface area contributed by atoms with Crippen molar-refractivity contribution in [3.05, 3.63) is 171 Å². The van der Waals surface area contributed by atoms with Crippen molar-refractivity contribution in [1.82, 2.24) is 0 Å². The number of aryl methyl sites for hydroxylation is 2. The highest BCUT2D eigenvalue weighted by Crippen LogP contribution is 2.26. The van der Waals surface area contributed by atoms with Crippen molar-refractivity contribution in [2.24, 2.45) is 0 Å². The van der Waals surface area contributed by atoms with E-state index >= 15 is 0 Å². The number of hydrogen-bond acceptors (Lipinski definition) is 4. The highest BCUT2D eigenvalue weighted by molar-refractivity contribution is 9.11. The maximum Gasteiger partial charge on any atom is 0.0226 e. The summed E-state index contributed by atoms with van der Waals surface area (Å²) in [6.07, 6.45) is 5.07. The Balaban J connectivity index is -0.000000708. The van der Waals surface area contributed by atoms with Crippen LogP contribution in [0, 0.1) is 13.8 Å². The van der Waals surface area contributed by atoms with Crippen molar-refractivity contribution in [3.8, 4) is 11.1 Å². The Labute approximate surface area is 417 Å². The minimum atomic E-state index is 0.